The van der Waals surface area contributed by atoms with Crippen molar-refractivity contribution < 1.29 is 14.6 Å². The molecule has 0 aliphatic heterocycles. The predicted molar refractivity (Wildman–Crippen MR) is 41.6 cm³/mol. The molecule has 1 aromatic carbocycles. The van der Waals surface area contributed by atoms with Crippen molar-refractivity contribution in [3.05, 3.63) is 29.8 Å². The Hall–Kier alpha value is -0.920. The lowest BCUT2D eigenvalue weighted by molar-refractivity contribution is 0.475. The van der Waals surface area contributed by atoms with Gasteiger partial charge in [0.25, 0.3) is 0 Å². The van der Waals surface area contributed by atoms with Crippen LogP contribution in [0.4, 0.5) is 0 Å². The van der Waals surface area contributed by atoms with E-state index in [0.717, 1.165) is 5.56 Å². The van der Waals surface area contributed by atoms with Gasteiger partial charge in [-0.3, -0.25) is 0 Å². The Morgan fingerprint density at radius 1 is 1.27 bits per heavy atom. The van der Waals surface area contributed by atoms with E-state index in [9.17, 15) is 4.57 Å². The third-order valence-corrected chi connectivity index (χ3v) is 1.89. The average molecular weight is 171 g/mol. The van der Waals surface area contributed by atoms with Crippen LogP contribution >= 0.6 is 8.03 Å². The van der Waals surface area contributed by atoms with Gasteiger partial charge in [-0.2, -0.15) is 4.89 Å². The Morgan fingerprint density at radius 3 is 2.27 bits per heavy atom. The maximum Gasteiger partial charge on any atom is 0.510 e. The van der Waals surface area contributed by atoms with Crippen LogP contribution in [0.1, 0.15) is 5.56 Å². The molecule has 1 unspecified atom stereocenters. The highest BCUT2D eigenvalue weighted by atomic mass is 31.1. The van der Waals surface area contributed by atoms with Crippen LogP contribution in [-0.4, -0.2) is 10.00 Å². The van der Waals surface area contributed by atoms with Gasteiger partial charge in [-0.05, 0) is 16.7 Å². The van der Waals surface area contributed by atoms with Gasteiger partial charge < -0.3 is 5.11 Å². The van der Waals surface area contributed by atoms with Crippen LogP contribution in [0.5, 0.6) is 5.75 Å². The zero-order valence-corrected chi connectivity index (χ0v) is 6.66. The largest absolute Gasteiger partial charge is 0.510 e. The number of phenolic OH excluding ortho intramolecular Hbond substituents is 1. The van der Waals surface area contributed by atoms with Gasteiger partial charge in [-0.1, -0.05) is 12.1 Å². The van der Waals surface area contributed by atoms with Gasteiger partial charge in [0, 0.05) is 5.56 Å². The van der Waals surface area contributed by atoms with Crippen molar-refractivity contribution >= 4 is 8.03 Å². The minimum Gasteiger partial charge on any atom is -0.508 e. The third kappa shape index (κ3) is 2.66. The Labute approximate surface area is 65.2 Å². The quantitative estimate of drug-likeness (QED) is 0.665. The maximum absolute atomic E-state index is 10.3. The fourth-order valence-electron chi connectivity index (χ4n) is 0.758. The number of hydrogen-bond acceptors (Lipinski definition) is 2. The predicted octanol–water partition coefficient (Wildman–Crippen LogP) is 1.63. The van der Waals surface area contributed by atoms with Crippen molar-refractivity contribution in [2.75, 3.05) is 0 Å². The van der Waals surface area contributed by atoms with Crippen LogP contribution in [0.2, 0.25) is 0 Å². The number of benzene rings is 1. The van der Waals surface area contributed by atoms with E-state index in [-0.39, 0.29) is 11.9 Å². The summed E-state index contributed by atoms with van der Waals surface area (Å²) >= 11 is 0. The fraction of sp³-hybridized carbons (Fsp3) is 0.143. The van der Waals surface area contributed by atoms with Gasteiger partial charge in [-0.15, -0.1) is 0 Å². The van der Waals surface area contributed by atoms with E-state index < -0.39 is 8.03 Å². The number of aromatic hydroxyl groups is 1. The maximum atomic E-state index is 10.3. The summed E-state index contributed by atoms with van der Waals surface area (Å²) in [7, 11) is -2.12. The van der Waals surface area contributed by atoms with Crippen molar-refractivity contribution in [1.29, 1.82) is 0 Å². The van der Waals surface area contributed by atoms with Gasteiger partial charge in [0.05, 0.1) is 0 Å². The molecule has 58 valence electrons. The monoisotopic (exact) mass is 171 g/mol. The Morgan fingerprint density at radius 2 is 1.82 bits per heavy atom. The molecule has 11 heavy (non-hydrogen) atoms. The van der Waals surface area contributed by atoms with Crippen LogP contribution in [0.25, 0.3) is 0 Å². The van der Waals surface area contributed by atoms with Gasteiger partial charge in [-0.25, -0.2) is 0 Å². The average Bonchev–Trinajstić information content (AvgIpc) is 1.93. The molecule has 0 aliphatic rings. The molecule has 0 radical (unpaired) electrons. The SMILES string of the molecule is O=[P+](O)Cc1ccc(O)cc1. The molecule has 3 nitrogen and oxygen atoms in total. The summed E-state index contributed by atoms with van der Waals surface area (Å²) in [6, 6.07) is 6.24. The molecule has 0 saturated carbocycles. The van der Waals surface area contributed by atoms with Crippen LogP contribution in [-0.2, 0) is 10.7 Å². The van der Waals surface area contributed by atoms with E-state index >= 15 is 0 Å². The lowest BCUT2D eigenvalue weighted by atomic mass is 10.2. The summed E-state index contributed by atoms with van der Waals surface area (Å²) in [6.45, 7) is 0. The lowest BCUT2D eigenvalue weighted by Gasteiger charge is -1.90. The number of hydrogen-bond donors (Lipinski definition) is 2. The molecule has 0 aliphatic carbocycles. The molecule has 2 N–H and O–H groups in total. The summed E-state index contributed by atoms with van der Waals surface area (Å²) in [6.07, 6.45) is 0.148. The highest BCUT2D eigenvalue weighted by molar-refractivity contribution is 7.37. The molecule has 0 fully saturated rings. The molecule has 1 atom stereocenters. The van der Waals surface area contributed by atoms with E-state index in [1.165, 1.54) is 12.1 Å². The zero-order valence-electron chi connectivity index (χ0n) is 5.77. The molecule has 1 aromatic rings. The fourth-order valence-corrected chi connectivity index (χ4v) is 1.28. The Kier molecular flexibility index (Phi) is 2.58. The van der Waals surface area contributed by atoms with Crippen LogP contribution in [0.3, 0.4) is 0 Å². The first-order valence-corrected chi connectivity index (χ1v) is 4.49. The van der Waals surface area contributed by atoms with E-state index in [4.69, 9.17) is 10.00 Å². The van der Waals surface area contributed by atoms with Gasteiger partial charge in [0.1, 0.15) is 5.75 Å². The molecule has 0 aromatic heterocycles. The summed E-state index contributed by atoms with van der Waals surface area (Å²) in [4.78, 5) is 8.52. The van der Waals surface area contributed by atoms with Gasteiger partial charge in [0.2, 0.25) is 6.16 Å². The van der Waals surface area contributed by atoms with Crippen molar-refractivity contribution in [2.24, 2.45) is 0 Å². The molecule has 4 heteroatoms. The molecular weight excluding hydrogens is 163 g/mol. The normalized spacial score (nSPS) is 11.2. The topological polar surface area (TPSA) is 57.5 Å². The van der Waals surface area contributed by atoms with Gasteiger partial charge >= 0.3 is 8.03 Å². The van der Waals surface area contributed by atoms with Gasteiger partial charge in [0.15, 0.2) is 0 Å². The Bertz CT molecular complexity index is 255. The molecule has 1 rings (SSSR count). The number of phenols is 1. The Balaban J connectivity index is 2.74. The van der Waals surface area contributed by atoms with Crippen LogP contribution in [0.15, 0.2) is 24.3 Å². The molecule has 0 saturated heterocycles. The van der Waals surface area contributed by atoms with E-state index in [0.29, 0.717) is 0 Å². The first-order chi connectivity index (χ1) is 5.18. The standard InChI is InChI=1S/C7H7O3P/c8-7-3-1-6(2-4-7)5-11(9)10/h1-4H,5H2,(H-,8,9,10)/p+1. The third-order valence-electron chi connectivity index (χ3n) is 1.25. The van der Waals surface area contributed by atoms with Crippen molar-refractivity contribution in [3.63, 3.8) is 0 Å². The highest BCUT2D eigenvalue weighted by Crippen LogP contribution is 2.22. The first kappa shape index (κ1) is 8.18. The molecule has 0 amide bonds. The van der Waals surface area contributed by atoms with Crippen molar-refractivity contribution in [2.45, 2.75) is 6.16 Å². The smallest absolute Gasteiger partial charge is 0.508 e. The molecule has 0 heterocycles. The first-order valence-electron chi connectivity index (χ1n) is 3.10. The molecule has 0 spiro atoms. The second kappa shape index (κ2) is 3.46. The van der Waals surface area contributed by atoms with Crippen molar-refractivity contribution in [3.8, 4) is 5.75 Å². The van der Waals surface area contributed by atoms with E-state index in [2.05, 4.69) is 0 Å². The zero-order chi connectivity index (χ0) is 8.27. The molecule has 0 bridgehead atoms. The van der Waals surface area contributed by atoms with E-state index in [1.54, 1.807) is 12.1 Å². The van der Waals surface area contributed by atoms with Crippen LogP contribution < -0.4 is 0 Å². The summed E-state index contributed by atoms with van der Waals surface area (Å²) < 4.78 is 10.3. The lowest BCUT2D eigenvalue weighted by Crippen LogP contribution is -1.77. The second-order valence-electron chi connectivity index (χ2n) is 2.18. The van der Waals surface area contributed by atoms with E-state index in [1.807, 2.05) is 0 Å². The summed E-state index contributed by atoms with van der Waals surface area (Å²) in [5.41, 5.74) is 0.756. The number of rotatable bonds is 2. The van der Waals surface area contributed by atoms with Crippen LogP contribution in [0, 0.1) is 0 Å². The summed E-state index contributed by atoms with van der Waals surface area (Å²) in [5, 5.41) is 8.86. The highest BCUT2D eigenvalue weighted by Gasteiger charge is 2.10. The second-order valence-corrected chi connectivity index (χ2v) is 3.20. The molecular formula is C7H8O3P+. The van der Waals surface area contributed by atoms with Crippen molar-refractivity contribution in [1.82, 2.24) is 0 Å². The summed E-state index contributed by atoms with van der Waals surface area (Å²) in [5.74, 6) is 0.168. The minimum atomic E-state index is -2.12. The minimum absolute atomic E-state index is 0.148.